The van der Waals surface area contributed by atoms with E-state index in [-0.39, 0.29) is 29.1 Å². The maximum Gasteiger partial charge on any atom is 0.421 e. The largest absolute Gasteiger partial charge is 0.421 e. The van der Waals surface area contributed by atoms with Gasteiger partial charge in [0.1, 0.15) is 0 Å². The molecule has 1 amide bonds. The lowest BCUT2D eigenvalue weighted by Crippen LogP contribution is -2.42. The van der Waals surface area contributed by atoms with Gasteiger partial charge < -0.3 is 10.4 Å². The molecule has 2 rings (SSSR count). The van der Waals surface area contributed by atoms with Crippen molar-refractivity contribution in [1.29, 1.82) is 0 Å². The number of unbranched alkanes of at least 4 members (excludes halogenated alkanes) is 1. The smallest absolute Gasteiger partial charge is 0.376 e. The van der Waals surface area contributed by atoms with Crippen molar-refractivity contribution in [2.75, 3.05) is 11.1 Å². The number of benzene rings is 2. The van der Waals surface area contributed by atoms with Crippen LogP contribution in [-0.4, -0.2) is 31.4 Å². The fourth-order valence-corrected chi connectivity index (χ4v) is 3.97. The molecule has 0 aliphatic heterocycles. The number of halogens is 3. The molecule has 0 radical (unpaired) electrons. The van der Waals surface area contributed by atoms with Crippen molar-refractivity contribution in [3.8, 4) is 0 Å². The number of anilines is 1. The Balaban J connectivity index is 2.08. The van der Waals surface area contributed by atoms with Gasteiger partial charge in [-0.05, 0) is 41.8 Å². The number of carbonyl (C=O) groups excluding carboxylic acids is 1. The Hall–Kier alpha value is -2.39. The lowest BCUT2D eigenvalue weighted by Gasteiger charge is -2.31. The number of sulfone groups is 1. The van der Waals surface area contributed by atoms with Gasteiger partial charge in [-0.1, -0.05) is 51.0 Å². The van der Waals surface area contributed by atoms with E-state index in [2.05, 4.69) is 5.32 Å². The van der Waals surface area contributed by atoms with E-state index in [0.717, 1.165) is 12.1 Å². The van der Waals surface area contributed by atoms with Crippen LogP contribution >= 0.6 is 0 Å². The van der Waals surface area contributed by atoms with Crippen LogP contribution in [0.3, 0.4) is 0 Å². The maximum absolute atomic E-state index is 13.4. The van der Waals surface area contributed by atoms with Crippen molar-refractivity contribution in [1.82, 2.24) is 0 Å². The van der Waals surface area contributed by atoms with Crippen LogP contribution in [0, 0.1) is 0 Å². The summed E-state index contributed by atoms with van der Waals surface area (Å²) >= 11 is 0. The second kappa shape index (κ2) is 9.82. The van der Waals surface area contributed by atoms with Gasteiger partial charge in [0.2, 0.25) is 5.91 Å². The van der Waals surface area contributed by atoms with Gasteiger partial charge in [-0.15, -0.1) is 0 Å². The Morgan fingerprint density at radius 2 is 1.58 bits per heavy atom. The van der Waals surface area contributed by atoms with Crippen molar-refractivity contribution in [2.24, 2.45) is 0 Å². The number of nitrogens with one attached hydrogen (secondary N) is 1. The fourth-order valence-electron chi connectivity index (χ4n) is 3.08. The minimum absolute atomic E-state index is 0.0231. The van der Waals surface area contributed by atoms with Crippen LogP contribution in [0.15, 0.2) is 53.4 Å². The first-order valence-electron chi connectivity index (χ1n) is 9.94. The van der Waals surface area contributed by atoms with Crippen molar-refractivity contribution >= 4 is 21.4 Å². The van der Waals surface area contributed by atoms with Crippen LogP contribution < -0.4 is 5.32 Å². The average Bonchev–Trinajstić information content (AvgIpc) is 2.72. The SMILES string of the molecule is CCCCC(O)(c1ccc(NC(=O)Cc2ccc(S(=O)(=O)CC)cc2)cc1)C(F)(F)F. The number of hydrogen-bond donors (Lipinski definition) is 2. The highest BCUT2D eigenvalue weighted by molar-refractivity contribution is 7.91. The van der Waals surface area contributed by atoms with Gasteiger partial charge in [-0.2, -0.15) is 13.2 Å². The predicted octanol–water partition coefficient (Wildman–Crippen LogP) is 4.60. The Kier molecular flexibility index (Phi) is 7.88. The van der Waals surface area contributed by atoms with Crippen molar-refractivity contribution in [3.05, 3.63) is 59.7 Å². The number of alkyl halides is 3. The van der Waals surface area contributed by atoms with Gasteiger partial charge in [0.15, 0.2) is 15.4 Å². The van der Waals surface area contributed by atoms with Crippen LogP contribution in [0.1, 0.15) is 44.2 Å². The minimum Gasteiger partial charge on any atom is -0.376 e. The van der Waals surface area contributed by atoms with E-state index in [1.54, 1.807) is 26.0 Å². The summed E-state index contributed by atoms with van der Waals surface area (Å²) in [5.74, 6) is -0.430. The predicted molar refractivity (Wildman–Crippen MR) is 112 cm³/mol. The molecule has 0 saturated carbocycles. The quantitative estimate of drug-likeness (QED) is 0.576. The highest BCUT2D eigenvalue weighted by Gasteiger charge is 2.54. The van der Waals surface area contributed by atoms with E-state index in [9.17, 15) is 31.5 Å². The second-order valence-corrected chi connectivity index (χ2v) is 9.59. The topological polar surface area (TPSA) is 83.5 Å². The maximum atomic E-state index is 13.4. The first-order chi connectivity index (χ1) is 14.4. The molecule has 31 heavy (non-hydrogen) atoms. The molecule has 170 valence electrons. The summed E-state index contributed by atoms with van der Waals surface area (Å²) < 4.78 is 64.0. The molecular formula is C22H26F3NO4S. The lowest BCUT2D eigenvalue weighted by molar-refractivity contribution is -0.269. The third kappa shape index (κ3) is 6.07. The van der Waals surface area contributed by atoms with Gasteiger partial charge in [-0.3, -0.25) is 4.79 Å². The van der Waals surface area contributed by atoms with Crippen molar-refractivity contribution in [3.63, 3.8) is 0 Å². The van der Waals surface area contributed by atoms with Crippen LogP contribution in [0.5, 0.6) is 0 Å². The standard InChI is InChI=1S/C22H26F3NO4S/c1-3-5-14-21(28,22(23,24)25)17-8-10-18(11-9-17)26-20(27)15-16-6-12-19(13-7-16)31(29,30)4-2/h6-13,28H,3-5,14-15H2,1-2H3,(H,26,27). The minimum atomic E-state index is -4.82. The van der Waals surface area contributed by atoms with E-state index in [4.69, 9.17) is 0 Å². The monoisotopic (exact) mass is 457 g/mol. The summed E-state index contributed by atoms with van der Waals surface area (Å²) in [6, 6.07) is 10.9. The van der Waals surface area contributed by atoms with E-state index < -0.39 is 33.9 Å². The molecule has 0 aliphatic rings. The highest BCUT2D eigenvalue weighted by atomic mass is 32.2. The molecule has 2 aromatic rings. The third-order valence-electron chi connectivity index (χ3n) is 5.03. The van der Waals surface area contributed by atoms with Crippen molar-refractivity contribution in [2.45, 2.75) is 56.2 Å². The average molecular weight is 458 g/mol. The molecule has 5 nitrogen and oxygen atoms in total. The summed E-state index contributed by atoms with van der Waals surface area (Å²) in [5, 5.41) is 12.8. The van der Waals surface area contributed by atoms with Gasteiger partial charge in [0.05, 0.1) is 17.1 Å². The molecule has 0 fully saturated rings. The Labute approximate surface area is 180 Å². The molecule has 0 aliphatic carbocycles. The number of amides is 1. The molecular weight excluding hydrogens is 431 g/mol. The van der Waals surface area contributed by atoms with E-state index in [0.29, 0.717) is 17.7 Å². The number of rotatable bonds is 9. The van der Waals surface area contributed by atoms with Crippen molar-refractivity contribution < 1.29 is 31.5 Å². The first-order valence-corrected chi connectivity index (χ1v) is 11.6. The Morgan fingerprint density at radius 3 is 2.06 bits per heavy atom. The van der Waals surface area contributed by atoms with Gasteiger partial charge in [-0.25, -0.2) is 8.42 Å². The lowest BCUT2D eigenvalue weighted by atomic mass is 9.88. The summed E-state index contributed by atoms with van der Waals surface area (Å²) in [7, 11) is -3.33. The van der Waals surface area contributed by atoms with Crippen LogP contribution in [0.25, 0.3) is 0 Å². The molecule has 0 bridgehead atoms. The summed E-state index contributed by atoms with van der Waals surface area (Å²) in [6.07, 6.45) is -4.56. The molecule has 0 aromatic heterocycles. The van der Waals surface area contributed by atoms with Crippen LogP contribution in [0.4, 0.5) is 18.9 Å². The number of carbonyl (C=O) groups is 1. The summed E-state index contributed by atoms with van der Waals surface area (Å²) in [6.45, 7) is 3.28. The van der Waals surface area contributed by atoms with Gasteiger partial charge in [0, 0.05) is 5.69 Å². The molecule has 9 heteroatoms. The molecule has 2 N–H and O–H groups in total. The van der Waals surface area contributed by atoms with Crippen LogP contribution in [-0.2, 0) is 26.7 Å². The number of hydrogen-bond acceptors (Lipinski definition) is 4. The third-order valence-corrected chi connectivity index (χ3v) is 6.78. The highest BCUT2D eigenvalue weighted by Crippen LogP contribution is 2.42. The zero-order valence-corrected chi connectivity index (χ0v) is 18.2. The summed E-state index contributed by atoms with van der Waals surface area (Å²) in [5.41, 5.74) is -2.33. The van der Waals surface area contributed by atoms with E-state index in [1.807, 2.05) is 0 Å². The van der Waals surface area contributed by atoms with Gasteiger partial charge >= 0.3 is 6.18 Å². The Bertz CT molecular complexity index is 987. The zero-order valence-electron chi connectivity index (χ0n) is 17.4. The molecule has 2 aromatic carbocycles. The first kappa shape index (κ1) is 24.9. The molecule has 1 atom stereocenters. The number of aliphatic hydroxyl groups is 1. The van der Waals surface area contributed by atoms with E-state index >= 15 is 0 Å². The normalized spacial score (nSPS) is 14.1. The molecule has 1 unspecified atom stereocenters. The van der Waals surface area contributed by atoms with E-state index in [1.165, 1.54) is 24.3 Å². The summed E-state index contributed by atoms with van der Waals surface area (Å²) in [4.78, 5) is 12.4. The molecule has 0 saturated heterocycles. The van der Waals surface area contributed by atoms with Gasteiger partial charge in [0.25, 0.3) is 0 Å². The molecule has 0 spiro atoms. The van der Waals surface area contributed by atoms with Crippen LogP contribution in [0.2, 0.25) is 0 Å². The fraction of sp³-hybridized carbons (Fsp3) is 0.409. The zero-order chi connectivity index (χ0) is 23.3. The molecule has 0 heterocycles. The Morgan fingerprint density at radius 1 is 1.00 bits per heavy atom. The second-order valence-electron chi connectivity index (χ2n) is 7.31.